The Bertz CT molecular complexity index is 868. The fourth-order valence-corrected chi connectivity index (χ4v) is 2.05. The van der Waals surface area contributed by atoms with Crippen LogP contribution in [0.1, 0.15) is 11.4 Å². The summed E-state index contributed by atoms with van der Waals surface area (Å²) in [5, 5.41) is 9.52. The van der Waals surface area contributed by atoms with Gasteiger partial charge in [0.15, 0.2) is 0 Å². The molecular weight excluding hydrogens is 299 g/mol. The van der Waals surface area contributed by atoms with Gasteiger partial charge in [-0.1, -0.05) is 6.07 Å². The van der Waals surface area contributed by atoms with Crippen molar-refractivity contribution in [3.8, 4) is 0 Å². The first kappa shape index (κ1) is 14.1. The van der Waals surface area contributed by atoms with Crippen molar-refractivity contribution >= 4 is 16.6 Å². The van der Waals surface area contributed by atoms with E-state index in [-0.39, 0.29) is 12.1 Å². The summed E-state index contributed by atoms with van der Waals surface area (Å²) in [4.78, 5) is 17.4. The van der Waals surface area contributed by atoms with Crippen LogP contribution in [0, 0.1) is 0 Å². The zero-order valence-electron chi connectivity index (χ0n) is 11.0. The molecule has 0 aliphatic carbocycles. The highest BCUT2D eigenvalue weighted by atomic mass is 19.4. The Morgan fingerprint density at radius 1 is 1.23 bits per heavy atom. The molecule has 0 bridgehead atoms. The molecule has 0 fully saturated rings. The van der Waals surface area contributed by atoms with E-state index in [9.17, 15) is 18.0 Å². The lowest BCUT2D eigenvalue weighted by Gasteiger charge is -2.10. The standard InChI is InChI=1S/C13H10F3N5O/c14-13(15,16)7-1-2-8-9(3-4-17-10(8)5-7)18-6-11-19-12(22)21-20-11/h1-5H,6H2,(H,17,18)(H2,19,20,21,22). The molecule has 0 saturated carbocycles. The maximum Gasteiger partial charge on any atom is 0.416 e. The summed E-state index contributed by atoms with van der Waals surface area (Å²) in [6.45, 7) is 0.221. The van der Waals surface area contributed by atoms with E-state index in [0.717, 1.165) is 12.1 Å². The minimum absolute atomic E-state index is 0.221. The highest BCUT2D eigenvalue weighted by Crippen LogP contribution is 2.32. The zero-order valence-corrected chi connectivity index (χ0v) is 11.0. The average Bonchev–Trinajstić information content (AvgIpc) is 2.89. The third kappa shape index (κ3) is 2.78. The molecule has 0 atom stereocenters. The number of benzene rings is 1. The number of alkyl halides is 3. The van der Waals surface area contributed by atoms with Gasteiger partial charge in [-0.15, -0.1) is 0 Å². The summed E-state index contributed by atoms with van der Waals surface area (Å²) >= 11 is 0. The molecule has 3 aromatic rings. The highest BCUT2D eigenvalue weighted by molar-refractivity contribution is 5.91. The van der Waals surface area contributed by atoms with Gasteiger partial charge in [-0.2, -0.15) is 18.3 Å². The van der Waals surface area contributed by atoms with Gasteiger partial charge in [-0.25, -0.2) is 9.89 Å². The molecule has 2 aromatic heterocycles. The quantitative estimate of drug-likeness (QED) is 0.693. The summed E-state index contributed by atoms with van der Waals surface area (Å²) in [5.41, 5.74) is -0.342. The molecule has 0 unspecified atom stereocenters. The second-order valence-electron chi connectivity index (χ2n) is 4.57. The van der Waals surface area contributed by atoms with Crippen LogP contribution in [-0.4, -0.2) is 20.2 Å². The Morgan fingerprint density at radius 3 is 2.73 bits per heavy atom. The molecule has 3 N–H and O–H groups in total. The molecule has 0 radical (unpaired) electrons. The van der Waals surface area contributed by atoms with Gasteiger partial charge in [-0.05, 0) is 18.2 Å². The van der Waals surface area contributed by atoms with Gasteiger partial charge in [0.1, 0.15) is 5.82 Å². The molecule has 0 aliphatic rings. The number of halogens is 3. The van der Waals surface area contributed by atoms with Crippen LogP contribution in [0.4, 0.5) is 18.9 Å². The normalized spacial score (nSPS) is 11.8. The number of fused-ring (bicyclic) bond motifs is 1. The van der Waals surface area contributed by atoms with E-state index in [1.807, 2.05) is 0 Å². The topological polar surface area (TPSA) is 86.5 Å². The zero-order chi connectivity index (χ0) is 15.7. The monoisotopic (exact) mass is 309 g/mol. The lowest BCUT2D eigenvalue weighted by molar-refractivity contribution is -0.137. The van der Waals surface area contributed by atoms with Gasteiger partial charge < -0.3 is 5.32 Å². The van der Waals surface area contributed by atoms with E-state index in [2.05, 4.69) is 25.5 Å². The number of aromatic nitrogens is 4. The number of anilines is 1. The molecule has 1 aromatic carbocycles. The number of H-pyrrole nitrogens is 2. The van der Waals surface area contributed by atoms with Crippen molar-refractivity contribution in [3.05, 3.63) is 52.3 Å². The molecule has 0 spiro atoms. The van der Waals surface area contributed by atoms with Crippen LogP contribution in [0.3, 0.4) is 0 Å². The van der Waals surface area contributed by atoms with E-state index in [4.69, 9.17) is 0 Å². The number of hydrogen-bond donors (Lipinski definition) is 3. The van der Waals surface area contributed by atoms with Crippen molar-refractivity contribution in [1.29, 1.82) is 0 Å². The smallest absolute Gasteiger partial charge is 0.377 e. The number of rotatable bonds is 3. The molecule has 9 heteroatoms. The van der Waals surface area contributed by atoms with Crippen LogP contribution >= 0.6 is 0 Å². The van der Waals surface area contributed by atoms with Crippen molar-refractivity contribution in [2.24, 2.45) is 0 Å². The van der Waals surface area contributed by atoms with Crippen molar-refractivity contribution in [1.82, 2.24) is 20.2 Å². The Kier molecular flexibility index (Phi) is 3.32. The molecule has 6 nitrogen and oxygen atoms in total. The van der Waals surface area contributed by atoms with E-state index in [1.165, 1.54) is 12.3 Å². The van der Waals surface area contributed by atoms with E-state index < -0.39 is 17.4 Å². The van der Waals surface area contributed by atoms with Gasteiger partial charge in [0.2, 0.25) is 0 Å². The van der Waals surface area contributed by atoms with Gasteiger partial charge in [-0.3, -0.25) is 9.97 Å². The van der Waals surface area contributed by atoms with Crippen molar-refractivity contribution < 1.29 is 13.2 Å². The molecule has 0 amide bonds. The summed E-state index contributed by atoms with van der Waals surface area (Å²) in [6, 6.07) is 5.00. The van der Waals surface area contributed by atoms with Gasteiger partial charge in [0, 0.05) is 17.3 Å². The molecule has 2 heterocycles. The number of nitrogens with one attached hydrogen (secondary N) is 3. The fourth-order valence-electron chi connectivity index (χ4n) is 2.05. The summed E-state index contributed by atoms with van der Waals surface area (Å²) in [6.07, 6.45) is -2.99. The van der Waals surface area contributed by atoms with Crippen LogP contribution in [0.25, 0.3) is 10.9 Å². The Balaban J connectivity index is 1.91. The van der Waals surface area contributed by atoms with E-state index >= 15 is 0 Å². The van der Waals surface area contributed by atoms with Crippen molar-refractivity contribution in [2.75, 3.05) is 5.32 Å². The minimum atomic E-state index is -4.41. The number of aromatic amines is 2. The predicted molar refractivity (Wildman–Crippen MR) is 73.3 cm³/mol. The molecule has 22 heavy (non-hydrogen) atoms. The SMILES string of the molecule is O=c1[nH]nc(CNc2ccnc3cc(C(F)(F)F)ccc23)[nH]1. The number of hydrogen-bond acceptors (Lipinski definition) is 4. The molecule has 0 aliphatic heterocycles. The Morgan fingerprint density at radius 2 is 2.05 bits per heavy atom. The Hall–Kier alpha value is -2.84. The lowest BCUT2D eigenvalue weighted by Crippen LogP contribution is -2.06. The fraction of sp³-hybridized carbons (Fsp3) is 0.154. The largest absolute Gasteiger partial charge is 0.416 e. The van der Waals surface area contributed by atoms with Crippen LogP contribution < -0.4 is 11.0 Å². The first-order valence-electron chi connectivity index (χ1n) is 6.27. The van der Waals surface area contributed by atoms with Crippen LogP contribution in [0.5, 0.6) is 0 Å². The second-order valence-corrected chi connectivity index (χ2v) is 4.57. The second kappa shape index (κ2) is 5.17. The molecule has 3 rings (SSSR count). The molecule has 114 valence electrons. The van der Waals surface area contributed by atoms with Crippen molar-refractivity contribution in [3.63, 3.8) is 0 Å². The third-order valence-corrected chi connectivity index (χ3v) is 3.07. The predicted octanol–water partition coefficient (Wildman–Crippen LogP) is 2.28. The van der Waals surface area contributed by atoms with Crippen molar-refractivity contribution in [2.45, 2.75) is 12.7 Å². The first-order chi connectivity index (χ1) is 10.4. The van der Waals surface area contributed by atoms with E-state index in [0.29, 0.717) is 16.9 Å². The van der Waals surface area contributed by atoms with Gasteiger partial charge in [0.05, 0.1) is 17.6 Å². The summed E-state index contributed by atoms with van der Waals surface area (Å²) in [7, 11) is 0. The molecule has 0 saturated heterocycles. The van der Waals surface area contributed by atoms with Gasteiger partial charge in [0.25, 0.3) is 0 Å². The van der Waals surface area contributed by atoms with Crippen LogP contribution in [0.2, 0.25) is 0 Å². The summed E-state index contributed by atoms with van der Waals surface area (Å²) < 4.78 is 38.1. The average molecular weight is 309 g/mol. The maximum atomic E-state index is 12.7. The van der Waals surface area contributed by atoms with Gasteiger partial charge >= 0.3 is 11.9 Å². The highest BCUT2D eigenvalue weighted by Gasteiger charge is 2.30. The lowest BCUT2D eigenvalue weighted by atomic mass is 10.1. The maximum absolute atomic E-state index is 12.7. The Labute approximate surface area is 121 Å². The number of pyridine rings is 1. The summed E-state index contributed by atoms with van der Waals surface area (Å²) in [5.74, 6) is 0.391. The minimum Gasteiger partial charge on any atom is -0.377 e. The first-order valence-corrected chi connectivity index (χ1v) is 6.27. The molecular formula is C13H10F3N5O. The van der Waals surface area contributed by atoms with E-state index in [1.54, 1.807) is 6.07 Å². The van der Waals surface area contributed by atoms with Crippen LogP contribution in [0.15, 0.2) is 35.3 Å². The number of nitrogens with zero attached hydrogens (tertiary/aromatic N) is 2. The third-order valence-electron chi connectivity index (χ3n) is 3.07. The van der Waals surface area contributed by atoms with Crippen LogP contribution in [-0.2, 0) is 12.7 Å².